The number of nitrogens with zero attached hydrogens (tertiary/aromatic N) is 1. The van der Waals surface area contributed by atoms with Gasteiger partial charge in [0.25, 0.3) is 0 Å². The Balaban J connectivity index is 1.75. The summed E-state index contributed by atoms with van der Waals surface area (Å²) in [5.41, 5.74) is 2.28. The molecule has 156 valence electrons. The van der Waals surface area contributed by atoms with Gasteiger partial charge in [-0.15, -0.1) is 0 Å². The zero-order valence-corrected chi connectivity index (χ0v) is 17.1. The van der Waals surface area contributed by atoms with Crippen molar-refractivity contribution in [3.8, 4) is 17.2 Å². The van der Waals surface area contributed by atoms with Gasteiger partial charge in [-0.3, -0.25) is 0 Å². The fourth-order valence-corrected chi connectivity index (χ4v) is 5.93. The second-order valence-corrected chi connectivity index (χ2v) is 9.42. The summed E-state index contributed by atoms with van der Waals surface area (Å²) >= 11 is 0. The maximum Gasteiger partial charge on any atom is 0.247 e. The Kier molecular flexibility index (Phi) is 4.39. The monoisotopic (exact) mass is 433 g/mol. The molecule has 4 aromatic carbocycles. The van der Waals surface area contributed by atoms with Crippen molar-refractivity contribution in [2.45, 2.75) is 17.5 Å². The van der Waals surface area contributed by atoms with E-state index >= 15 is 0 Å². The summed E-state index contributed by atoms with van der Waals surface area (Å²) in [6.45, 7) is 0.0419. The van der Waals surface area contributed by atoms with E-state index < -0.39 is 21.8 Å². The molecule has 6 nitrogen and oxygen atoms in total. The van der Waals surface area contributed by atoms with Crippen molar-refractivity contribution in [1.29, 1.82) is 0 Å². The van der Waals surface area contributed by atoms with Crippen molar-refractivity contribution in [3.05, 3.63) is 95.6 Å². The molecule has 1 aliphatic rings. The van der Waals surface area contributed by atoms with E-state index in [1.54, 1.807) is 18.2 Å². The number of sulfonamides is 1. The van der Waals surface area contributed by atoms with E-state index in [4.69, 9.17) is 0 Å². The average molecular weight is 433 g/mol. The normalized spacial score (nSPS) is 16.5. The highest BCUT2D eigenvalue weighted by atomic mass is 32.2. The number of phenols is 3. The lowest BCUT2D eigenvalue weighted by molar-refractivity contribution is 0.382. The van der Waals surface area contributed by atoms with Crippen LogP contribution in [0, 0.1) is 0 Å². The maximum absolute atomic E-state index is 13.7. The van der Waals surface area contributed by atoms with Crippen molar-refractivity contribution in [2.24, 2.45) is 0 Å². The van der Waals surface area contributed by atoms with Crippen LogP contribution in [-0.4, -0.2) is 28.0 Å². The average Bonchev–Trinajstić information content (AvgIpc) is 3.12. The van der Waals surface area contributed by atoms with Gasteiger partial charge in [-0.2, -0.15) is 4.31 Å². The Morgan fingerprint density at radius 1 is 0.774 bits per heavy atom. The SMILES string of the molecule is O=S(=O)(c1ccc(O)cc1O)N1Cc2cc(O)ccc2C1c1cccc2ccccc12. The molecule has 3 N–H and O–H groups in total. The first-order valence-electron chi connectivity index (χ1n) is 9.69. The minimum Gasteiger partial charge on any atom is -0.508 e. The first kappa shape index (κ1) is 19.4. The van der Waals surface area contributed by atoms with E-state index in [1.165, 1.54) is 16.4 Å². The molecule has 7 heteroatoms. The summed E-state index contributed by atoms with van der Waals surface area (Å²) < 4.78 is 28.6. The van der Waals surface area contributed by atoms with Crippen LogP contribution in [0.2, 0.25) is 0 Å². The minimum atomic E-state index is -4.14. The van der Waals surface area contributed by atoms with Gasteiger partial charge in [0.05, 0.1) is 6.04 Å². The lowest BCUT2D eigenvalue weighted by Gasteiger charge is -2.26. The smallest absolute Gasteiger partial charge is 0.247 e. The first-order chi connectivity index (χ1) is 14.9. The summed E-state index contributed by atoms with van der Waals surface area (Å²) in [6, 6.07) is 21.2. The molecule has 31 heavy (non-hydrogen) atoms. The zero-order valence-electron chi connectivity index (χ0n) is 16.3. The van der Waals surface area contributed by atoms with Crippen LogP contribution in [0.4, 0.5) is 0 Å². The summed E-state index contributed by atoms with van der Waals surface area (Å²) in [4.78, 5) is -0.285. The molecule has 4 aromatic rings. The third kappa shape index (κ3) is 3.10. The lowest BCUT2D eigenvalue weighted by Crippen LogP contribution is -2.30. The van der Waals surface area contributed by atoms with Crippen LogP contribution in [0.15, 0.2) is 83.8 Å². The van der Waals surface area contributed by atoms with Crippen LogP contribution in [-0.2, 0) is 16.6 Å². The Hall–Kier alpha value is -3.55. The van der Waals surface area contributed by atoms with Gasteiger partial charge in [-0.05, 0) is 51.7 Å². The van der Waals surface area contributed by atoms with Gasteiger partial charge in [0.15, 0.2) is 0 Å². The molecule has 1 unspecified atom stereocenters. The van der Waals surface area contributed by atoms with Crippen molar-refractivity contribution >= 4 is 20.8 Å². The van der Waals surface area contributed by atoms with E-state index in [2.05, 4.69) is 0 Å². The number of aromatic hydroxyl groups is 3. The highest BCUT2D eigenvalue weighted by Gasteiger charge is 2.41. The third-order valence-electron chi connectivity index (χ3n) is 5.68. The van der Waals surface area contributed by atoms with Gasteiger partial charge in [-0.25, -0.2) is 8.42 Å². The topological polar surface area (TPSA) is 98.1 Å². The standard InChI is InChI=1S/C24H19NO5S/c26-17-8-10-20-16(12-17)14-25(31(29,30)23-11-9-18(27)13-22(23)28)24(20)21-7-3-5-15-4-1-2-6-19(15)21/h1-13,24,26-28H,14H2. The minimum absolute atomic E-state index is 0.0419. The molecule has 0 bridgehead atoms. The van der Waals surface area contributed by atoms with Gasteiger partial charge in [0, 0.05) is 12.6 Å². The maximum atomic E-state index is 13.7. The second kappa shape index (κ2) is 7.01. The molecular weight excluding hydrogens is 414 g/mol. The summed E-state index contributed by atoms with van der Waals surface area (Å²) in [7, 11) is -4.14. The quantitative estimate of drug-likeness (QED) is 0.449. The summed E-state index contributed by atoms with van der Waals surface area (Å²) in [5.74, 6) is -0.686. The third-order valence-corrected chi connectivity index (χ3v) is 7.54. The van der Waals surface area contributed by atoms with Gasteiger partial charge in [-0.1, -0.05) is 48.5 Å². The molecule has 1 atom stereocenters. The van der Waals surface area contributed by atoms with Gasteiger partial charge < -0.3 is 15.3 Å². The van der Waals surface area contributed by atoms with E-state index in [0.29, 0.717) is 5.56 Å². The van der Waals surface area contributed by atoms with E-state index in [9.17, 15) is 23.7 Å². The molecule has 1 aliphatic heterocycles. The number of phenolic OH excluding ortho intramolecular Hbond substituents is 3. The highest BCUT2D eigenvalue weighted by molar-refractivity contribution is 7.89. The van der Waals surface area contributed by atoms with E-state index in [1.807, 2.05) is 42.5 Å². The van der Waals surface area contributed by atoms with Crippen molar-refractivity contribution < 1.29 is 23.7 Å². The van der Waals surface area contributed by atoms with Crippen LogP contribution < -0.4 is 0 Å². The molecule has 0 aromatic heterocycles. The fourth-order valence-electron chi connectivity index (χ4n) is 4.30. The number of benzene rings is 4. The second-order valence-electron chi connectivity index (χ2n) is 7.56. The Morgan fingerprint density at radius 2 is 1.48 bits per heavy atom. The van der Waals surface area contributed by atoms with Crippen molar-refractivity contribution in [3.63, 3.8) is 0 Å². The molecule has 5 rings (SSSR count). The molecule has 0 amide bonds. The fraction of sp³-hybridized carbons (Fsp3) is 0.0833. The molecule has 0 fully saturated rings. The number of hydrogen-bond acceptors (Lipinski definition) is 5. The van der Waals surface area contributed by atoms with Crippen LogP contribution in [0.25, 0.3) is 10.8 Å². The number of fused-ring (bicyclic) bond motifs is 2. The zero-order chi connectivity index (χ0) is 21.8. The summed E-state index contributed by atoms with van der Waals surface area (Å²) in [6.07, 6.45) is 0. The van der Waals surface area contributed by atoms with E-state index in [-0.39, 0.29) is 22.9 Å². The Morgan fingerprint density at radius 3 is 2.29 bits per heavy atom. The van der Waals surface area contributed by atoms with Crippen molar-refractivity contribution in [1.82, 2.24) is 4.31 Å². The molecule has 1 heterocycles. The first-order valence-corrected chi connectivity index (χ1v) is 11.1. The van der Waals surface area contributed by atoms with Crippen LogP contribution in [0.3, 0.4) is 0 Å². The van der Waals surface area contributed by atoms with Gasteiger partial charge >= 0.3 is 0 Å². The van der Waals surface area contributed by atoms with Crippen LogP contribution in [0.5, 0.6) is 17.2 Å². The molecule has 0 aliphatic carbocycles. The Labute approximate surface area is 179 Å². The predicted molar refractivity (Wildman–Crippen MR) is 116 cm³/mol. The number of hydrogen-bond donors (Lipinski definition) is 3. The predicted octanol–water partition coefficient (Wildman–Crippen LogP) is 4.25. The molecule has 0 saturated carbocycles. The molecule has 0 spiro atoms. The number of rotatable bonds is 3. The van der Waals surface area contributed by atoms with Crippen LogP contribution >= 0.6 is 0 Å². The lowest BCUT2D eigenvalue weighted by atomic mass is 9.94. The molecule has 0 saturated heterocycles. The Bertz CT molecular complexity index is 1430. The van der Waals surface area contributed by atoms with Crippen molar-refractivity contribution in [2.75, 3.05) is 0 Å². The highest BCUT2D eigenvalue weighted by Crippen LogP contribution is 2.46. The van der Waals surface area contributed by atoms with Gasteiger partial charge in [0.1, 0.15) is 22.1 Å². The largest absolute Gasteiger partial charge is 0.508 e. The van der Waals surface area contributed by atoms with Gasteiger partial charge in [0.2, 0.25) is 10.0 Å². The summed E-state index contributed by atoms with van der Waals surface area (Å²) in [5, 5.41) is 31.7. The molecular formula is C24H19NO5S. The molecule has 0 radical (unpaired) electrons. The van der Waals surface area contributed by atoms with Crippen LogP contribution in [0.1, 0.15) is 22.7 Å². The van der Waals surface area contributed by atoms with E-state index in [0.717, 1.165) is 28.0 Å².